The predicted octanol–water partition coefficient (Wildman–Crippen LogP) is 1.57. The summed E-state index contributed by atoms with van der Waals surface area (Å²) in [6, 6.07) is 8.13. The Morgan fingerprint density at radius 2 is 1.77 bits per heavy atom. The maximum atomic E-state index is 13.9. The first kappa shape index (κ1) is 23.9. The van der Waals surface area contributed by atoms with E-state index in [0.717, 1.165) is 18.2 Å². The number of hydrogen-bond acceptors (Lipinski definition) is 7. The van der Waals surface area contributed by atoms with Crippen molar-refractivity contribution in [2.75, 3.05) is 19.7 Å². The summed E-state index contributed by atoms with van der Waals surface area (Å²) in [5, 5.41) is 26.8. The van der Waals surface area contributed by atoms with Crippen LogP contribution in [-0.2, 0) is 19.9 Å². The van der Waals surface area contributed by atoms with E-state index in [1.54, 1.807) is 0 Å². The standard InChI is InChI=1S/C18H15Cl2FN2O6S2/c19-13-5-14(20)16(6-15(13)21)31(28,29)23-8-17(18(25,9-23)10-24)30(26,27)12-3-1-11(7-22)2-4-12/h1-6,17,24-25H,8-10H2/t17-,18+/m0/s1. The van der Waals surface area contributed by atoms with Crippen LogP contribution >= 0.6 is 23.2 Å². The number of rotatable bonds is 5. The molecule has 2 aromatic carbocycles. The Hall–Kier alpha value is -1.78. The van der Waals surface area contributed by atoms with Crippen LogP contribution in [0.1, 0.15) is 5.56 Å². The van der Waals surface area contributed by atoms with E-state index in [1.165, 1.54) is 12.1 Å². The number of aliphatic hydroxyl groups excluding tert-OH is 1. The van der Waals surface area contributed by atoms with Gasteiger partial charge >= 0.3 is 0 Å². The monoisotopic (exact) mass is 508 g/mol. The van der Waals surface area contributed by atoms with Crippen LogP contribution < -0.4 is 0 Å². The van der Waals surface area contributed by atoms with Gasteiger partial charge in [-0.2, -0.15) is 9.57 Å². The van der Waals surface area contributed by atoms with Gasteiger partial charge in [-0.3, -0.25) is 0 Å². The third-order valence-electron chi connectivity index (χ3n) is 4.97. The van der Waals surface area contributed by atoms with E-state index in [2.05, 4.69) is 0 Å². The number of benzene rings is 2. The minimum absolute atomic E-state index is 0.200. The lowest BCUT2D eigenvalue weighted by Gasteiger charge is -2.26. The molecule has 31 heavy (non-hydrogen) atoms. The van der Waals surface area contributed by atoms with E-state index in [9.17, 15) is 31.4 Å². The number of aliphatic hydroxyl groups is 2. The summed E-state index contributed by atoms with van der Waals surface area (Å²) in [6.45, 7) is -2.54. The zero-order valence-corrected chi connectivity index (χ0v) is 18.7. The van der Waals surface area contributed by atoms with Crippen LogP contribution in [0.3, 0.4) is 0 Å². The molecule has 0 unspecified atom stereocenters. The number of sulfone groups is 1. The van der Waals surface area contributed by atoms with Crippen molar-refractivity contribution < 1.29 is 31.4 Å². The molecular formula is C18H15Cl2FN2O6S2. The molecule has 1 aliphatic rings. The number of sulfonamides is 1. The molecule has 3 rings (SSSR count). The molecular weight excluding hydrogens is 494 g/mol. The molecule has 1 saturated heterocycles. The Kier molecular flexibility index (Phi) is 6.38. The average Bonchev–Trinajstić information content (AvgIpc) is 3.10. The third kappa shape index (κ3) is 4.17. The highest BCUT2D eigenvalue weighted by molar-refractivity contribution is 7.92. The molecule has 2 atom stereocenters. The van der Waals surface area contributed by atoms with Crippen molar-refractivity contribution in [3.8, 4) is 6.07 Å². The first-order valence-corrected chi connectivity index (χ1v) is 12.3. The van der Waals surface area contributed by atoms with Crippen LogP contribution in [0.25, 0.3) is 0 Å². The fraction of sp³-hybridized carbons (Fsp3) is 0.278. The highest BCUT2D eigenvalue weighted by Gasteiger charge is 2.55. The highest BCUT2D eigenvalue weighted by atomic mass is 35.5. The zero-order chi connectivity index (χ0) is 23.2. The number of halogens is 3. The van der Waals surface area contributed by atoms with E-state index >= 15 is 0 Å². The Morgan fingerprint density at radius 1 is 1.16 bits per heavy atom. The summed E-state index contributed by atoms with van der Waals surface area (Å²) in [5.41, 5.74) is -2.14. The van der Waals surface area contributed by atoms with E-state index < -0.39 is 71.2 Å². The second kappa shape index (κ2) is 8.29. The van der Waals surface area contributed by atoms with Crippen LogP contribution in [0, 0.1) is 17.1 Å². The van der Waals surface area contributed by atoms with Crippen molar-refractivity contribution in [2.45, 2.75) is 20.6 Å². The lowest BCUT2D eigenvalue weighted by Crippen LogP contribution is -2.49. The molecule has 0 spiro atoms. The largest absolute Gasteiger partial charge is 0.393 e. The highest BCUT2D eigenvalue weighted by Crippen LogP contribution is 2.37. The second-order valence-corrected chi connectivity index (χ2v) is 11.8. The van der Waals surface area contributed by atoms with Crippen LogP contribution in [0.4, 0.5) is 4.39 Å². The van der Waals surface area contributed by atoms with Crippen LogP contribution in [0.5, 0.6) is 0 Å². The molecule has 0 aromatic heterocycles. The first-order valence-electron chi connectivity index (χ1n) is 8.59. The van der Waals surface area contributed by atoms with Crippen molar-refractivity contribution in [2.24, 2.45) is 0 Å². The van der Waals surface area contributed by atoms with Gasteiger partial charge in [-0.15, -0.1) is 0 Å². The zero-order valence-electron chi connectivity index (χ0n) is 15.5. The maximum absolute atomic E-state index is 13.9. The molecule has 0 radical (unpaired) electrons. The van der Waals surface area contributed by atoms with Gasteiger partial charge in [-0.1, -0.05) is 23.2 Å². The Morgan fingerprint density at radius 3 is 2.32 bits per heavy atom. The van der Waals surface area contributed by atoms with Crippen molar-refractivity contribution in [3.63, 3.8) is 0 Å². The average molecular weight is 509 g/mol. The number of hydrogen-bond donors (Lipinski definition) is 2. The molecule has 13 heteroatoms. The van der Waals surface area contributed by atoms with E-state index in [4.69, 9.17) is 28.5 Å². The summed E-state index contributed by atoms with van der Waals surface area (Å²) in [4.78, 5) is -0.925. The smallest absolute Gasteiger partial charge is 0.244 e. The molecule has 2 aromatic rings. The van der Waals surface area contributed by atoms with Crippen LogP contribution in [0.15, 0.2) is 46.2 Å². The number of β-amino-alcohol motifs (C(OH)–C–C–N with tert-alkyl or cyclic N) is 1. The van der Waals surface area contributed by atoms with Gasteiger partial charge in [0.2, 0.25) is 10.0 Å². The van der Waals surface area contributed by atoms with E-state index in [-0.39, 0.29) is 10.5 Å². The topological polar surface area (TPSA) is 136 Å². The molecule has 0 amide bonds. The lowest BCUT2D eigenvalue weighted by atomic mass is 10.1. The normalized spacial score (nSPS) is 22.4. The van der Waals surface area contributed by atoms with Crippen molar-refractivity contribution >= 4 is 43.1 Å². The fourth-order valence-corrected chi connectivity index (χ4v) is 7.56. The SMILES string of the molecule is N#Cc1ccc(S(=O)(=O)[C@H]2CN(S(=O)(=O)c3cc(F)c(Cl)cc3Cl)C[C@@]2(O)CO)cc1. The van der Waals surface area contributed by atoms with Crippen molar-refractivity contribution in [1.82, 2.24) is 4.31 Å². The minimum Gasteiger partial charge on any atom is -0.393 e. The molecule has 1 heterocycles. The van der Waals surface area contributed by atoms with E-state index in [1.807, 2.05) is 6.07 Å². The van der Waals surface area contributed by atoms with Gasteiger partial charge in [0.15, 0.2) is 9.84 Å². The molecule has 8 nitrogen and oxygen atoms in total. The van der Waals surface area contributed by atoms with Crippen LogP contribution in [0.2, 0.25) is 10.0 Å². The fourth-order valence-electron chi connectivity index (χ4n) is 3.27. The van der Waals surface area contributed by atoms with Crippen molar-refractivity contribution in [1.29, 1.82) is 5.26 Å². The Bertz CT molecular complexity index is 1280. The lowest BCUT2D eigenvalue weighted by molar-refractivity contribution is 0.00160. The van der Waals surface area contributed by atoms with Crippen LogP contribution in [-0.4, -0.2) is 61.9 Å². The number of nitriles is 1. The summed E-state index contributed by atoms with van der Waals surface area (Å²) in [7, 11) is -8.89. The molecule has 2 N–H and O–H groups in total. The van der Waals surface area contributed by atoms with Gasteiger partial charge in [-0.25, -0.2) is 21.2 Å². The predicted molar refractivity (Wildman–Crippen MR) is 109 cm³/mol. The van der Waals surface area contributed by atoms with Gasteiger partial charge in [0.25, 0.3) is 0 Å². The van der Waals surface area contributed by atoms with Gasteiger partial charge in [0.05, 0.1) is 33.2 Å². The summed E-state index contributed by atoms with van der Waals surface area (Å²) >= 11 is 11.5. The molecule has 0 bridgehead atoms. The van der Waals surface area contributed by atoms with Gasteiger partial charge in [-0.05, 0) is 36.4 Å². The molecule has 0 saturated carbocycles. The molecule has 0 aliphatic carbocycles. The second-order valence-electron chi connectivity index (χ2n) is 6.93. The molecule has 1 aliphatic heterocycles. The Labute approximate surface area is 188 Å². The van der Waals surface area contributed by atoms with E-state index in [0.29, 0.717) is 10.4 Å². The van der Waals surface area contributed by atoms with Gasteiger partial charge in [0, 0.05) is 13.1 Å². The quantitative estimate of drug-likeness (QED) is 0.584. The first-order chi connectivity index (χ1) is 14.4. The summed E-state index contributed by atoms with van der Waals surface area (Å²) in [6.07, 6.45) is 0. The van der Waals surface area contributed by atoms with Crippen molar-refractivity contribution in [3.05, 3.63) is 57.8 Å². The minimum atomic E-state index is -4.55. The number of nitrogens with zero attached hydrogens (tertiary/aromatic N) is 2. The summed E-state index contributed by atoms with van der Waals surface area (Å²) < 4.78 is 66.7. The maximum Gasteiger partial charge on any atom is 0.244 e. The molecule has 1 fully saturated rings. The summed E-state index contributed by atoms with van der Waals surface area (Å²) in [5.74, 6) is -1.05. The van der Waals surface area contributed by atoms with Gasteiger partial charge < -0.3 is 10.2 Å². The third-order valence-corrected chi connectivity index (χ3v) is 9.80. The Balaban J connectivity index is 2.04. The molecule has 166 valence electrons. The van der Waals surface area contributed by atoms with Gasteiger partial charge in [0.1, 0.15) is 21.6 Å².